The van der Waals surface area contributed by atoms with Gasteiger partial charge in [0.15, 0.2) is 0 Å². The highest BCUT2D eigenvalue weighted by molar-refractivity contribution is 7.13. The number of hydrogen-bond donors (Lipinski definition) is 0. The molecule has 108 valence electrons. The molecule has 0 amide bonds. The van der Waals surface area contributed by atoms with E-state index in [4.69, 9.17) is 0 Å². The van der Waals surface area contributed by atoms with Crippen molar-refractivity contribution in [1.29, 1.82) is 0 Å². The van der Waals surface area contributed by atoms with Crippen molar-refractivity contribution in [2.45, 2.75) is 33.2 Å². The van der Waals surface area contributed by atoms with Crippen LogP contribution in [0.3, 0.4) is 0 Å². The molecule has 2 aromatic rings. The van der Waals surface area contributed by atoms with Crippen LogP contribution in [0.25, 0.3) is 10.6 Å². The molecule has 0 bridgehead atoms. The highest BCUT2D eigenvalue weighted by atomic mass is 32.1. The van der Waals surface area contributed by atoms with Gasteiger partial charge < -0.3 is 0 Å². The normalized spacial score (nSPS) is 11.2. The number of nitrogens with zero attached hydrogens (tertiary/aromatic N) is 2. The van der Waals surface area contributed by atoms with Crippen molar-refractivity contribution in [2.75, 3.05) is 13.1 Å². The summed E-state index contributed by atoms with van der Waals surface area (Å²) in [5.41, 5.74) is 2.09. The molecule has 0 radical (unpaired) electrons. The van der Waals surface area contributed by atoms with Gasteiger partial charge in [-0.1, -0.05) is 20.3 Å². The molecule has 0 fully saturated rings. The van der Waals surface area contributed by atoms with Crippen LogP contribution in [0.15, 0.2) is 29.6 Å². The lowest BCUT2D eigenvalue weighted by Crippen LogP contribution is -2.24. The van der Waals surface area contributed by atoms with Gasteiger partial charge in [-0.2, -0.15) is 0 Å². The number of halogens is 1. The van der Waals surface area contributed by atoms with Crippen LogP contribution in [0.4, 0.5) is 4.39 Å². The Labute approximate surface area is 124 Å². The number of rotatable bonds is 7. The fourth-order valence-electron chi connectivity index (χ4n) is 2.06. The molecular formula is C16H21FN2S. The van der Waals surface area contributed by atoms with E-state index in [1.807, 2.05) is 0 Å². The molecule has 2 nitrogen and oxygen atoms in total. The second kappa shape index (κ2) is 7.50. The fraction of sp³-hybridized carbons (Fsp3) is 0.438. The van der Waals surface area contributed by atoms with Crippen molar-refractivity contribution < 1.29 is 4.39 Å². The van der Waals surface area contributed by atoms with E-state index in [9.17, 15) is 4.39 Å². The largest absolute Gasteiger partial charge is 0.298 e. The molecule has 0 saturated heterocycles. The Morgan fingerprint density at radius 2 is 1.95 bits per heavy atom. The molecule has 0 unspecified atom stereocenters. The lowest BCUT2D eigenvalue weighted by atomic mass is 10.2. The third-order valence-corrected chi connectivity index (χ3v) is 4.24. The van der Waals surface area contributed by atoms with Gasteiger partial charge in [-0.25, -0.2) is 9.37 Å². The van der Waals surface area contributed by atoms with Gasteiger partial charge in [-0.15, -0.1) is 11.3 Å². The first-order chi connectivity index (χ1) is 9.72. The zero-order valence-corrected chi connectivity index (χ0v) is 12.9. The summed E-state index contributed by atoms with van der Waals surface area (Å²) in [5.74, 6) is -0.206. The summed E-state index contributed by atoms with van der Waals surface area (Å²) < 4.78 is 12.9. The molecule has 2 rings (SSSR count). The van der Waals surface area contributed by atoms with E-state index >= 15 is 0 Å². The van der Waals surface area contributed by atoms with Crippen molar-refractivity contribution in [1.82, 2.24) is 9.88 Å². The van der Waals surface area contributed by atoms with Crippen LogP contribution in [0, 0.1) is 5.82 Å². The van der Waals surface area contributed by atoms with Crippen LogP contribution in [0.5, 0.6) is 0 Å². The van der Waals surface area contributed by atoms with Crippen LogP contribution >= 0.6 is 11.3 Å². The minimum absolute atomic E-state index is 0.206. The molecule has 0 aliphatic heterocycles. The first-order valence-corrected chi connectivity index (χ1v) is 8.03. The Morgan fingerprint density at radius 3 is 2.60 bits per heavy atom. The zero-order chi connectivity index (χ0) is 14.4. The van der Waals surface area contributed by atoms with Gasteiger partial charge in [0.25, 0.3) is 0 Å². The molecule has 0 saturated carbocycles. The lowest BCUT2D eigenvalue weighted by Gasteiger charge is -2.18. The number of benzene rings is 1. The highest BCUT2D eigenvalue weighted by Gasteiger charge is 2.08. The summed E-state index contributed by atoms with van der Waals surface area (Å²) in [6.07, 6.45) is 2.44. The highest BCUT2D eigenvalue weighted by Crippen LogP contribution is 2.24. The van der Waals surface area contributed by atoms with Gasteiger partial charge in [-0.3, -0.25) is 4.90 Å². The van der Waals surface area contributed by atoms with E-state index in [-0.39, 0.29) is 5.82 Å². The van der Waals surface area contributed by atoms with E-state index in [1.54, 1.807) is 23.5 Å². The van der Waals surface area contributed by atoms with Gasteiger partial charge >= 0.3 is 0 Å². The van der Waals surface area contributed by atoms with Gasteiger partial charge in [0.05, 0.1) is 5.69 Å². The SMILES string of the molecule is CCCCN(CC)Cc1csc(-c2ccc(F)cc2)n1. The summed E-state index contributed by atoms with van der Waals surface area (Å²) >= 11 is 1.62. The van der Waals surface area contributed by atoms with Gasteiger partial charge in [0.1, 0.15) is 10.8 Å². The third kappa shape index (κ3) is 4.12. The van der Waals surface area contributed by atoms with Crippen molar-refractivity contribution >= 4 is 11.3 Å². The van der Waals surface area contributed by atoms with Crippen molar-refractivity contribution in [3.8, 4) is 10.6 Å². The van der Waals surface area contributed by atoms with E-state index in [2.05, 4.69) is 29.1 Å². The van der Waals surface area contributed by atoms with Crippen molar-refractivity contribution in [2.24, 2.45) is 0 Å². The molecule has 0 atom stereocenters. The number of hydrogen-bond acceptors (Lipinski definition) is 3. The molecule has 20 heavy (non-hydrogen) atoms. The summed E-state index contributed by atoms with van der Waals surface area (Å²) in [4.78, 5) is 7.07. The first kappa shape index (κ1) is 15.1. The van der Waals surface area contributed by atoms with Gasteiger partial charge in [0, 0.05) is 17.5 Å². The lowest BCUT2D eigenvalue weighted by molar-refractivity contribution is 0.273. The Kier molecular flexibility index (Phi) is 5.68. The molecule has 0 aliphatic rings. The predicted octanol–water partition coefficient (Wildman–Crippen LogP) is 4.57. The zero-order valence-electron chi connectivity index (χ0n) is 12.1. The fourth-order valence-corrected chi connectivity index (χ4v) is 2.88. The van der Waals surface area contributed by atoms with E-state index in [1.165, 1.54) is 25.0 Å². The predicted molar refractivity (Wildman–Crippen MR) is 83.4 cm³/mol. The van der Waals surface area contributed by atoms with Crippen LogP contribution in [-0.2, 0) is 6.54 Å². The maximum absolute atomic E-state index is 12.9. The minimum atomic E-state index is -0.206. The Morgan fingerprint density at radius 1 is 1.20 bits per heavy atom. The summed E-state index contributed by atoms with van der Waals surface area (Å²) in [5, 5.41) is 3.07. The van der Waals surface area contributed by atoms with E-state index < -0.39 is 0 Å². The minimum Gasteiger partial charge on any atom is -0.298 e. The maximum Gasteiger partial charge on any atom is 0.123 e. The monoisotopic (exact) mass is 292 g/mol. The van der Waals surface area contributed by atoms with Gasteiger partial charge in [-0.05, 0) is 43.8 Å². The average Bonchev–Trinajstić information content (AvgIpc) is 2.92. The first-order valence-electron chi connectivity index (χ1n) is 7.15. The maximum atomic E-state index is 12.9. The topological polar surface area (TPSA) is 16.1 Å². The summed E-state index contributed by atoms with van der Waals surface area (Å²) in [6.45, 7) is 7.46. The van der Waals surface area contributed by atoms with Crippen molar-refractivity contribution in [3.05, 3.63) is 41.2 Å². The molecule has 1 aromatic heterocycles. The Hall–Kier alpha value is -1.26. The van der Waals surface area contributed by atoms with Crippen LogP contribution in [0.1, 0.15) is 32.4 Å². The van der Waals surface area contributed by atoms with Crippen LogP contribution < -0.4 is 0 Å². The Balaban J connectivity index is 2.02. The summed E-state index contributed by atoms with van der Waals surface area (Å²) in [7, 11) is 0. The molecule has 0 spiro atoms. The molecule has 1 aromatic carbocycles. The number of unbranched alkanes of at least 4 members (excludes halogenated alkanes) is 1. The molecule has 4 heteroatoms. The number of thiazole rings is 1. The molecule has 0 aliphatic carbocycles. The van der Waals surface area contributed by atoms with Gasteiger partial charge in [0.2, 0.25) is 0 Å². The van der Waals surface area contributed by atoms with Crippen molar-refractivity contribution in [3.63, 3.8) is 0 Å². The van der Waals surface area contributed by atoms with Crippen LogP contribution in [-0.4, -0.2) is 23.0 Å². The van der Waals surface area contributed by atoms with Crippen LogP contribution in [0.2, 0.25) is 0 Å². The smallest absolute Gasteiger partial charge is 0.123 e. The standard InChI is InChI=1S/C16H21FN2S/c1-3-5-10-19(4-2)11-15-12-20-16(18-15)13-6-8-14(17)9-7-13/h6-9,12H,3-5,10-11H2,1-2H3. The average molecular weight is 292 g/mol. The number of aromatic nitrogens is 1. The quantitative estimate of drug-likeness (QED) is 0.743. The van der Waals surface area contributed by atoms with E-state index in [0.717, 1.165) is 35.9 Å². The summed E-state index contributed by atoms with van der Waals surface area (Å²) in [6, 6.07) is 6.53. The molecule has 0 N–H and O–H groups in total. The molecule has 1 heterocycles. The Bertz CT molecular complexity index is 522. The third-order valence-electron chi connectivity index (χ3n) is 3.30. The molecular weight excluding hydrogens is 271 g/mol. The van der Waals surface area contributed by atoms with E-state index in [0.29, 0.717) is 0 Å². The second-order valence-corrected chi connectivity index (χ2v) is 5.73. The second-order valence-electron chi connectivity index (χ2n) is 4.87.